The summed E-state index contributed by atoms with van der Waals surface area (Å²) in [5, 5.41) is 3.47. The van der Waals surface area contributed by atoms with Gasteiger partial charge in [-0.1, -0.05) is 23.7 Å². The SMILES string of the molecule is CCOc1ccc(C(C)NC(=O)COc2cccc(Cl)c2)cc1OCC. The van der Waals surface area contributed by atoms with E-state index in [1.54, 1.807) is 24.3 Å². The monoisotopic (exact) mass is 377 g/mol. The van der Waals surface area contributed by atoms with Crippen molar-refractivity contribution in [2.75, 3.05) is 19.8 Å². The van der Waals surface area contributed by atoms with Crippen LogP contribution in [0.25, 0.3) is 0 Å². The Balaban J connectivity index is 1.96. The molecule has 140 valence electrons. The van der Waals surface area contributed by atoms with Crippen LogP contribution in [0.4, 0.5) is 0 Å². The first-order valence-electron chi connectivity index (χ1n) is 8.60. The Morgan fingerprint density at radius 2 is 1.77 bits per heavy atom. The topological polar surface area (TPSA) is 56.8 Å². The van der Waals surface area contributed by atoms with E-state index in [-0.39, 0.29) is 18.6 Å². The van der Waals surface area contributed by atoms with E-state index in [1.807, 2.05) is 39.0 Å². The van der Waals surface area contributed by atoms with Crippen molar-refractivity contribution in [3.63, 3.8) is 0 Å². The van der Waals surface area contributed by atoms with Crippen LogP contribution in [-0.4, -0.2) is 25.7 Å². The van der Waals surface area contributed by atoms with Gasteiger partial charge < -0.3 is 19.5 Å². The van der Waals surface area contributed by atoms with Gasteiger partial charge in [0.15, 0.2) is 18.1 Å². The van der Waals surface area contributed by atoms with Crippen molar-refractivity contribution in [3.8, 4) is 17.2 Å². The van der Waals surface area contributed by atoms with Crippen LogP contribution in [0.5, 0.6) is 17.2 Å². The van der Waals surface area contributed by atoms with Crippen molar-refractivity contribution in [1.82, 2.24) is 5.32 Å². The number of carbonyl (C=O) groups is 1. The van der Waals surface area contributed by atoms with E-state index < -0.39 is 0 Å². The average molecular weight is 378 g/mol. The number of rotatable bonds is 9. The van der Waals surface area contributed by atoms with E-state index in [0.717, 1.165) is 5.56 Å². The van der Waals surface area contributed by atoms with Crippen LogP contribution >= 0.6 is 11.6 Å². The summed E-state index contributed by atoms with van der Waals surface area (Å²) in [6.45, 7) is 6.76. The predicted octanol–water partition coefficient (Wildman–Crippen LogP) is 4.39. The van der Waals surface area contributed by atoms with Gasteiger partial charge in [0.2, 0.25) is 0 Å². The molecule has 0 bridgehead atoms. The minimum atomic E-state index is -0.218. The maximum Gasteiger partial charge on any atom is 0.258 e. The minimum Gasteiger partial charge on any atom is -0.490 e. The largest absolute Gasteiger partial charge is 0.490 e. The number of nitrogens with one attached hydrogen (secondary N) is 1. The summed E-state index contributed by atoms with van der Waals surface area (Å²) >= 11 is 5.90. The highest BCUT2D eigenvalue weighted by atomic mass is 35.5. The number of hydrogen-bond donors (Lipinski definition) is 1. The first-order chi connectivity index (χ1) is 12.5. The van der Waals surface area contributed by atoms with Gasteiger partial charge in [0.05, 0.1) is 19.3 Å². The highest BCUT2D eigenvalue weighted by Gasteiger charge is 2.13. The molecule has 0 spiro atoms. The van der Waals surface area contributed by atoms with Crippen LogP contribution in [0.3, 0.4) is 0 Å². The zero-order valence-electron chi connectivity index (χ0n) is 15.3. The molecule has 2 aromatic rings. The molecular weight excluding hydrogens is 354 g/mol. The molecule has 1 unspecified atom stereocenters. The molecular formula is C20H24ClNO4. The summed E-state index contributed by atoms with van der Waals surface area (Å²) in [4.78, 5) is 12.1. The van der Waals surface area contributed by atoms with E-state index in [4.69, 9.17) is 25.8 Å². The number of benzene rings is 2. The summed E-state index contributed by atoms with van der Waals surface area (Å²) in [6.07, 6.45) is 0. The van der Waals surface area contributed by atoms with Gasteiger partial charge in [-0.2, -0.15) is 0 Å². The molecule has 2 rings (SSSR count). The third-order valence-electron chi connectivity index (χ3n) is 3.61. The van der Waals surface area contributed by atoms with E-state index >= 15 is 0 Å². The highest BCUT2D eigenvalue weighted by molar-refractivity contribution is 6.30. The van der Waals surface area contributed by atoms with Crippen molar-refractivity contribution in [3.05, 3.63) is 53.1 Å². The van der Waals surface area contributed by atoms with Gasteiger partial charge in [0, 0.05) is 5.02 Å². The quantitative estimate of drug-likeness (QED) is 0.704. The molecule has 0 aliphatic rings. The zero-order chi connectivity index (χ0) is 18.9. The molecule has 0 saturated heterocycles. The molecule has 6 heteroatoms. The molecule has 1 atom stereocenters. The van der Waals surface area contributed by atoms with Crippen LogP contribution in [0, 0.1) is 0 Å². The summed E-state index contributed by atoms with van der Waals surface area (Å²) in [5.41, 5.74) is 0.924. The second-order valence-electron chi connectivity index (χ2n) is 5.61. The molecule has 0 heterocycles. The first-order valence-corrected chi connectivity index (χ1v) is 8.98. The summed E-state index contributed by atoms with van der Waals surface area (Å²) in [6, 6.07) is 12.4. The molecule has 0 radical (unpaired) electrons. The number of amides is 1. The van der Waals surface area contributed by atoms with Crippen molar-refractivity contribution >= 4 is 17.5 Å². The van der Waals surface area contributed by atoms with E-state index in [1.165, 1.54) is 0 Å². The first kappa shape index (κ1) is 19.9. The Hall–Kier alpha value is -2.40. The van der Waals surface area contributed by atoms with Gasteiger partial charge in [0.25, 0.3) is 5.91 Å². The van der Waals surface area contributed by atoms with Crippen molar-refractivity contribution in [2.45, 2.75) is 26.8 Å². The molecule has 0 fully saturated rings. The number of hydrogen-bond acceptors (Lipinski definition) is 4. The summed E-state index contributed by atoms with van der Waals surface area (Å²) < 4.78 is 16.6. The molecule has 0 aliphatic heterocycles. The Kier molecular flexibility index (Phi) is 7.60. The average Bonchev–Trinajstić information content (AvgIpc) is 2.62. The number of carbonyl (C=O) groups excluding carboxylic acids is 1. The lowest BCUT2D eigenvalue weighted by Crippen LogP contribution is -2.31. The fraction of sp³-hybridized carbons (Fsp3) is 0.350. The smallest absolute Gasteiger partial charge is 0.258 e. The van der Waals surface area contributed by atoms with E-state index in [2.05, 4.69) is 5.32 Å². The Bertz CT molecular complexity index is 736. The maximum atomic E-state index is 12.1. The van der Waals surface area contributed by atoms with Gasteiger partial charge in [-0.25, -0.2) is 0 Å². The Labute approximate surface area is 159 Å². The Morgan fingerprint density at radius 3 is 2.46 bits per heavy atom. The van der Waals surface area contributed by atoms with Gasteiger partial charge in [0.1, 0.15) is 5.75 Å². The molecule has 26 heavy (non-hydrogen) atoms. The normalized spacial score (nSPS) is 11.5. The molecule has 0 aliphatic carbocycles. The van der Waals surface area contributed by atoms with E-state index in [9.17, 15) is 4.79 Å². The van der Waals surface area contributed by atoms with Gasteiger partial charge in [-0.05, 0) is 56.7 Å². The fourth-order valence-electron chi connectivity index (χ4n) is 2.41. The summed E-state index contributed by atoms with van der Waals surface area (Å²) in [5.74, 6) is 1.70. The third-order valence-corrected chi connectivity index (χ3v) is 3.85. The molecule has 1 amide bonds. The molecule has 1 N–H and O–H groups in total. The Morgan fingerprint density at radius 1 is 1.04 bits per heavy atom. The molecule has 0 aromatic heterocycles. The second kappa shape index (κ2) is 9.92. The van der Waals surface area contributed by atoms with Crippen molar-refractivity contribution < 1.29 is 19.0 Å². The van der Waals surface area contributed by atoms with Gasteiger partial charge in [-0.3, -0.25) is 4.79 Å². The van der Waals surface area contributed by atoms with Gasteiger partial charge in [-0.15, -0.1) is 0 Å². The van der Waals surface area contributed by atoms with Gasteiger partial charge >= 0.3 is 0 Å². The molecule has 2 aromatic carbocycles. The van der Waals surface area contributed by atoms with Crippen LogP contribution < -0.4 is 19.5 Å². The van der Waals surface area contributed by atoms with Crippen LogP contribution in [0.15, 0.2) is 42.5 Å². The zero-order valence-corrected chi connectivity index (χ0v) is 16.0. The fourth-order valence-corrected chi connectivity index (χ4v) is 2.59. The maximum absolute atomic E-state index is 12.1. The van der Waals surface area contributed by atoms with Crippen LogP contribution in [0.1, 0.15) is 32.4 Å². The molecule has 0 saturated carbocycles. The lowest BCUT2D eigenvalue weighted by atomic mass is 10.1. The highest BCUT2D eigenvalue weighted by Crippen LogP contribution is 2.30. The van der Waals surface area contributed by atoms with Crippen molar-refractivity contribution in [1.29, 1.82) is 0 Å². The van der Waals surface area contributed by atoms with Crippen molar-refractivity contribution in [2.24, 2.45) is 0 Å². The number of halogens is 1. The summed E-state index contributed by atoms with van der Waals surface area (Å²) in [7, 11) is 0. The molecule has 5 nitrogen and oxygen atoms in total. The number of ether oxygens (including phenoxy) is 3. The standard InChI is InChI=1S/C20H24ClNO4/c1-4-24-18-10-9-15(11-19(18)25-5-2)14(3)22-20(23)13-26-17-8-6-7-16(21)12-17/h6-12,14H,4-5,13H2,1-3H3,(H,22,23). The third kappa shape index (κ3) is 5.85. The minimum absolute atomic E-state index is 0.0833. The predicted molar refractivity (Wildman–Crippen MR) is 102 cm³/mol. The van der Waals surface area contributed by atoms with Crippen LogP contribution in [0.2, 0.25) is 5.02 Å². The second-order valence-corrected chi connectivity index (χ2v) is 6.04. The van der Waals surface area contributed by atoms with E-state index in [0.29, 0.717) is 35.5 Å². The van der Waals surface area contributed by atoms with Crippen LogP contribution in [-0.2, 0) is 4.79 Å². The lowest BCUT2D eigenvalue weighted by molar-refractivity contribution is -0.123. The lowest BCUT2D eigenvalue weighted by Gasteiger charge is -2.17.